The molecule has 3 rings (SSSR count). The monoisotopic (exact) mass is 549 g/mol. The lowest BCUT2D eigenvalue weighted by Gasteiger charge is -2.29. The minimum atomic E-state index is -1.31. The molecular weight excluding hydrogens is 510 g/mol. The number of carboxylic acid groups (broad SMARTS) is 1. The standard InChI is InChI=1S/C27H39N3O9/c1-14(2)17(30-25(35)39-26(3,4)5)21(31)29-18-19(36-24-20(18)37-27(6,7)38-24)22(32)28-16(23(33)34)13-15-11-9-8-10-12-15/h8-12,14,16-20,24H,13H2,1-7H3,(H,28,32)(H,29,31)(H,30,35)(H,33,34)/t16-,17-,18+,19+,20-,24-/m1/s1. The van der Waals surface area contributed by atoms with Gasteiger partial charge in [-0.25, -0.2) is 9.59 Å². The second-order valence-electron chi connectivity index (χ2n) is 11.5. The van der Waals surface area contributed by atoms with Crippen LogP contribution in [0.3, 0.4) is 0 Å². The van der Waals surface area contributed by atoms with E-state index in [0.29, 0.717) is 0 Å². The normalized spacial score (nSPS) is 25.3. The Morgan fingerprint density at radius 3 is 2.26 bits per heavy atom. The number of carbonyl (C=O) groups is 4. The Hall–Kier alpha value is -3.22. The van der Waals surface area contributed by atoms with E-state index in [2.05, 4.69) is 16.0 Å². The fourth-order valence-electron chi connectivity index (χ4n) is 4.42. The summed E-state index contributed by atoms with van der Waals surface area (Å²) in [5.41, 5.74) is -0.0422. The Morgan fingerprint density at radius 2 is 1.69 bits per heavy atom. The average molecular weight is 550 g/mol. The van der Waals surface area contributed by atoms with Crippen molar-refractivity contribution in [3.63, 3.8) is 0 Å². The summed E-state index contributed by atoms with van der Waals surface area (Å²) in [7, 11) is 0. The van der Waals surface area contributed by atoms with E-state index in [1.54, 1.807) is 78.8 Å². The van der Waals surface area contributed by atoms with Crippen LogP contribution in [0, 0.1) is 5.92 Å². The first kappa shape index (κ1) is 30.3. The summed E-state index contributed by atoms with van der Waals surface area (Å²) in [5.74, 6) is -3.92. The summed E-state index contributed by atoms with van der Waals surface area (Å²) in [5, 5.41) is 17.6. The third kappa shape index (κ3) is 8.13. The fourth-order valence-corrected chi connectivity index (χ4v) is 4.42. The molecule has 0 unspecified atom stereocenters. The molecule has 2 aliphatic rings. The van der Waals surface area contributed by atoms with Gasteiger partial charge in [-0.15, -0.1) is 0 Å². The molecule has 6 atom stereocenters. The van der Waals surface area contributed by atoms with Gasteiger partial charge >= 0.3 is 12.1 Å². The van der Waals surface area contributed by atoms with Crippen LogP contribution < -0.4 is 16.0 Å². The van der Waals surface area contributed by atoms with Gasteiger partial charge in [-0.3, -0.25) is 9.59 Å². The number of carbonyl (C=O) groups excluding carboxylic acids is 3. The molecule has 3 amide bonds. The van der Waals surface area contributed by atoms with Crippen molar-refractivity contribution < 1.29 is 43.2 Å². The van der Waals surface area contributed by atoms with Crippen LogP contribution in [-0.2, 0) is 39.8 Å². The van der Waals surface area contributed by atoms with Crippen LogP contribution in [-0.4, -0.2) is 77.0 Å². The van der Waals surface area contributed by atoms with Crippen molar-refractivity contribution in [2.75, 3.05) is 0 Å². The van der Waals surface area contributed by atoms with Crippen LogP contribution in [0.4, 0.5) is 4.79 Å². The number of aliphatic carboxylic acids is 1. The maximum atomic E-state index is 13.4. The number of ether oxygens (including phenoxy) is 4. The lowest BCUT2D eigenvalue weighted by Crippen LogP contribution is -2.59. The number of amides is 3. The Balaban J connectivity index is 1.78. The molecule has 1 aromatic rings. The highest BCUT2D eigenvalue weighted by Gasteiger charge is 2.57. The van der Waals surface area contributed by atoms with Crippen molar-refractivity contribution in [2.45, 2.75) is 103 Å². The molecule has 1 aromatic carbocycles. The number of alkyl carbamates (subject to hydrolysis) is 1. The van der Waals surface area contributed by atoms with Gasteiger partial charge in [-0.2, -0.15) is 0 Å². The van der Waals surface area contributed by atoms with Crippen molar-refractivity contribution in [1.29, 1.82) is 0 Å². The van der Waals surface area contributed by atoms with E-state index in [-0.39, 0.29) is 12.3 Å². The first-order valence-electron chi connectivity index (χ1n) is 12.9. The van der Waals surface area contributed by atoms with Gasteiger partial charge in [0.15, 0.2) is 18.2 Å². The predicted molar refractivity (Wildman–Crippen MR) is 138 cm³/mol. The molecule has 2 heterocycles. The van der Waals surface area contributed by atoms with Crippen LogP contribution in [0.15, 0.2) is 30.3 Å². The van der Waals surface area contributed by atoms with Crippen molar-refractivity contribution in [3.05, 3.63) is 35.9 Å². The lowest BCUT2D eigenvalue weighted by atomic mass is 10.0. The van der Waals surface area contributed by atoms with Gasteiger partial charge in [-0.05, 0) is 46.1 Å². The van der Waals surface area contributed by atoms with Gasteiger partial charge in [0, 0.05) is 6.42 Å². The van der Waals surface area contributed by atoms with Crippen LogP contribution in [0.5, 0.6) is 0 Å². The summed E-state index contributed by atoms with van der Waals surface area (Å²) in [6, 6.07) is 5.60. The molecule has 12 nitrogen and oxygen atoms in total. The van der Waals surface area contributed by atoms with E-state index in [1.807, 2.05) is 0 Å². The van der Waals surface area contributed by atoms with Crippen LogP contribution in [0.1, 0.15) is 54.0 Å². The van der Waals surface area contributed by atoms with E-state index >= 15 is 0 Å². The number of fused-ring (bicyclic) bond motifs is 1. The molecule has 0 radical (unpaired) electrons. The van der Waals surface area contributed by atoms with Gasteiger partial charge in [0.05, 0.1) is 6.04 Å². The number of hydrogen-bond donors (Lipinski definition) is 4. The van der Waals surface area contributed by atoms with E-state index in [1.165, 1.54) is 0 Å². The average Bonchev–Trinajstić information content (AvgIpc) is 3.28. The maximum absolute atomic E-state index is 13.4. The number of nitrogens with one attached hydrogen (secondary N) is 3. The minimum absolute atomic E-state index is 0.0494. The molecule has 2 aliphatic heterocycles. The molecule has 0 aromatic heterocycles. The summed E-state index contributed by atoms with van der Waals surface area (Å²) >= 11 is 0. The lowest BCUT2D eigenvalue weighted by molar-refractivity contribution is -0.208. The molecule has 39 heavy (non-hydrogen) atoms. The highest BCUT2D eigenvalue weighted by molar-refractivity contribution is 5.90. The Kier molecular flexibility index (Phi) is 9.24. The van der Waals surface area contributed by atoms with Crippen molar-refractivity contribution in [2.24, 2.45) is 5.92 Å². The predicted octanol–water partition coefficient (Wildman–Crippen LogP) is 1.71. The summed E-state index contributed by atoms with van der Waals surface area (Å²) < 4.78 is 22.8. The van der Waals surface area contributed by atoms with E-state index in [9.17, 15) is 24.3 Å². The number of hydrogen-bond acceptors (Lipinski definition) is 8. The zero-order chi connectivity index (χ0) is 29.1. The molecule has 0 bridgehead atoms. The fraction of sp³-hybridized carbons (Fsp3) is 0.630. The Bertz CT molecular complexity index is 1050. The maximum Gasteiger partial charge on any atom is 0.408 e. The summed E-state index contributed by atoms with van der Waals surface area (Å²) in [4.78, 5) is 51.0. The summed E-state index contributed by atoms with van der Waals surface area (Å²) in [6.45, 7) is 12.0. The molecule has 2 fully saturated rings. The van der Waals surface area contributed by atoms with Crippen LogP contribution in [0.2, 0.25) is 0 Å². The second-order valence-corrected chi connectivity index (χ2v) is 11.5. The van der Waals surface area contributed by atoms with Gasteiger partial charge in [0.2, 0.25) is 5.91 Å². The van der Waals surface area contributed by atoms with Gasteiger partial charge < -0.3 is 40.0 Å². The molecule has 0 aliphatic carbocycles. The zero-order valence-corrected chi connectivity index (χ0v) is 23.3. The quantitative estimate of drug-likeness (QED) is 0.359. The molecule has 12 heteroatoms. The first-order valence-corrected chi connectivity index (χ1v) is 12.9. The third-order valence-electron chi connectivity index (χ3n) is 6.13. The van der Waals surface area contributed by atoms with Gasteiger partial charge in [0.25, 0.3) is 5.91 Å². The number of carboxylic acids is 1. The largest absolute Gasteiger partial charge is 0.480 e. The molecule has 0 spiro atoms. The molecule has 2 saturated heterocycles. The van der Waals surface area contributed by atoms with E-state index < -0.39 is 71.9 Å². The van der Waals surface area contributed by atoms with Crippen molar-refractivity contribution in [3.8, 4) is 0 Å². The molecule has 0 saturated carbocycles. The van der Waals surface area contributed by atoms with E-state index in [4.69, 9.17) is 18.9 Å². The van der Waals surface area contributed by atoms with Crippen molar-refractivity contribution >= 4 is 23.9 Å². The smallest absolute Gasteiger partial charge is 0.408 e. The topological polar surface area (TPSA) is 162 Å². The first-order chi connectivity index (χ1) is 18.1. The molecule has 4 N–H and O–H groups in total. The second kappa shape index (κ2) is 11.9. The summed E-state index contributed by atoms with van der Waals surface area (Å²) in [6.07, 6.45) is -3.86. The highest BCUT2D eigenvalue weighted by Crippen LogP contribution is 2.37. The number of rotatable bonds is 9. The van der Waals surface area contributed by atoms with Crippen molar-refractivity contribution in [1.82, 2.24) is 16.0 Å². The van der Waals surface area contributed by atoms with Gasteiger partial charge in [0.1, 0.15) is 23.8 Å². The number of benzene rings is 1. The van der Waals surface area contributed by atoms with Crippen LogP contribution >= 0.6 is 0 Å². The highest BCUT2D eigenvalue weighted by atomic mass is 16.8. The van der Waals surface area contributed by atoms with Crippen LogP contribution in [0.25, 0.3) is 0 Å². The Labute approximate surface area is 228 Å². The third-order valence-corrected chi connectivity index (χ3v) is 6.13. The minimum Gasteiger partial charge on any atom is -0.480 e. The SMILES string of the molecule is CC(C)[C@@H](NC(=O)OC(C)(C)C)C(=O)N[C@@H]1[C@H]2OC(C)(C)O[C@H]2O[C@@H]1C(=O)N[C@H](Cc1ccccc1)C(=O)O. The Morgan fingerprint density at radius 1 is 1.05 bits per heavy atom. The molecule has 216 valence electrons. The van der Waals surface area contributed by atoms with Gasteiger partial charge in [-0.1, -0.05) is 44.2 Å². The van der Waals surface area contributed by atoms with E-state index in [0.717, 1.165) is 5.56 Å². The zero-order valence-electron chi connectivity index (χ0n) is 23.3. The molecular formula is C27H39N3O9.